The number of nitrogens with one attached hydrogen (secondary N) is 1. The van der Waals surface area contributed by atoms with E-state index in [9.17, 15) is 15.4 Å². The summed E-state index contributed by atoms with van der Waals surface area (Å²) in [4.78, 5) is 17.9. The number of nitro groups is 1. The molecule has 0 bridgehead atoms. The number of unbranched alkanes of at least 4 members (excludes halogenated alkanes) is 2. The zero-order valence-electron chi connectivity index (χ0n) is 18.5. The Morgan fingerprint density at radius 1 is 1.29 bits per heavy atom. The van der Waals surface area contributed by atoms with Gasteiger partial charge in [-0.25, -0.2) is 4.98 Å². The molecule has 2 aromatic rings. The average Bonchev–Trinajstić information content (AvgIpc) is 3.16. The maximum absolute atomic E-state index is 11.4. The molecule has 0 saturated carbocycles. The predicted molar refractivity (Wildman–Crippen MR) is 120 cm³/mol. The number of imidazole rings is 1. The van der Waals surface area contributed by atoms with Gasteiger partial charge in [0.1, 0.15) is 0 Å². The van der Waals surface area contributed by atoms with Gasteiger partial charge in [0.25, 0.3) is 5.69 Å². The van der Waals surface area contributed by atoms with Crippen LogP contribution in [0, 0.1) is 21.4 Å². The summed E-state index contributed by atoms with van der Waals surface area (Å²) in [6.07, 6.45) is 6.36. The third-order valence-corrected chi connectivity index (χ3v) is 5.67. The topological polar surface area (TPSA) is 100 Å². The second-order valence-corrected chi connectivity index (χ2v) is 7.96. The number of aromatic nitrogens is 2. The maximum Gasteiger partial charge on any atom is 0.269 e. The van der Waals surface area contributed by atoms with E-state index < -0.39 is 11.0 Å². The third kappa shape index (κ3) is 4.94. The van der Waals surface area contributed by atoms with E-state index in [-0.39, 0.29) is 5.69 Å². The molecular weight excluding hydrogens is 392 g/mol. The number of nitro benzene ring substituents is 1. The highest BCUT2D eigenvalue weighted by Crippen LogP contribution is 2.37. The van der Waals surface area contributed by atoms with Gasteiger partial charge in [-0.1, -0.05) is 38.8 Å². The lowest BCUT2D eigenvalue weighted by molar-refractivity contribution is -0.384. The van der Waals surface area contributed by atoms with Crippen molar-refractivity contribution in [3.05, 3.63) is 63.1 Å². The smallest absolute Gasteiger partial charge is 0.269 e. The van der Waals surface area contributed by atoms with Crippen molar-refractivity contribution in [3.8, 4) is 6.07 Å². The first-order valence-corrected chi connectivity index (χ1v) is 10.9. The lowest BCUT2D eigenvalue weighted by atomic mass is 9.95. The number of benzene rings is 1. The summed E-state index contributed by atoms with van der Waals surface area (Å²) in [5, 5.41) is 24.5. The molecule has 1 aliphatic heterocycles. The van der Waals surface area contributed by atoms with Gasteiger partial charge in [-0.3, -0.25) is 15.0 Å². The Morgan fingerprint density at radius 3 is 2.61 bits per heavy atom. The van der Waals surface area contributed by atoms with Crippen LogP contribution in [0.4, 0.5) is 11.6 Å². The van der Waals surface area contributed by atoms with Crippen molar-refractivity contribution in [1.29, 1.82) is 5.26 Å². The first-order valence-electron chi connectivity index (χ1n) is 10.9. The van der Waals surface area contributed by atoms with Crippen molar-refractivity contribution in [2.45, 2.75) is 59.0 Å². The number of hydrogen-bond acceptors (Lipinski definition) is 6. The normalized spacial score (nSPS) is 15.5. The van der Waals surface area contributed by atoms with Gasteiger partial charge >= 0.3 is 0 Å². The van der Waals surface area contributed by atoms with E-state index in [4.69, 9.17) is 0 Å². The highest BCUT2D eigenvalue weighted by molar-refractivity contribution is 5.54. The largest absolute Gasteiger partial charge is 0.328 e. The van der Waals surface area contributed by atoms with E-state index in [1.54, 1.807) is 12.1 Å². The second kappa shape index (κ2) is 10.2. The lowest BCUT2D eigenvalue weighted by Crippen LogP contribution is -2.30. The molecule has 1 aromatic heterocycles. The fourth-order valence-corrected chi connectivity index (χ4v) is 3.99. The van der Waals surface area contributed by atoms with Crippen molar-refractivity contribution in [2.75, 3.05) is 18.4 Å². The van der Waals surface area contributed by atoms with Crippen molar-refractivity contribution in [2.24, 2.45) is 0 Å². The Hall–Kier alpha value is -3.18. The number of hydrogen-bond donors (Lipinski definition) is 1. The van der Waals surface area contributed by atoms with Crippen molar-refractivity contribution >= 4 is 11.6 Å². The molecule has 1 aliphatic rings. The Labute approximate surface area is 183 Å². The fraction of sp³-hybridized carbons (Fsp3) is 0.478. The summed E-state index contributed by atoms with van der Waals surface area (Å²) >= 11 is 0. The Kier molecular flexibility index (Phi) is 7.42. The molecule has 0 spiro atoms. The fourth-order valence-electron chi connectivity index (χ4n) is 3.99. The molecule has 1 aromatic carbocycles. The quantitative estimate of drug-likeness (QED) is 0.427. The Morgan fingerprint density at radius 2 is 2.00 bits per heavy atom. The number of rotatable bonds is 10. The van der Waals surface area contributed by atoms with Crippen LogP contribution >= 0.6 is 0 Å². The van der Waals surface area contributed by atoms with E-state index in [1.807, 2.05) is 23.8 Å². The summed E-state index contributed by atoms with van der Waals surface area (Å²) in [6, 6.07) is 8.41. The molecule has 1 N–H and O–H groups in total. The van der Waals surface area contributed by atoms with Gasteiger partial charge in [0.15, 0.2) is 0 Å². The molecule has 8 heteroatoms. The van der Waals surface area contributed by atoms with E-state index in [2.05, 4.69) is 35.1 Å². The average molecular weight is 423 g/mol. The predicted octanol–water partition coefficient (Wildman–Crippen LogP) is 5.01. The lowest BCUT2D eigenvalue weighted by Gasteiger charge is -2.30. The Balaban J connectivity index is 2.04. The first-order chi connectivity index (χ1) is 15.0. The number of anilines is 1. The summed E-state index contributed by atoms with van der Waals surface area (Å²) in [5.74, 6) is 0.661. The van der Waals surface area contributed by atoms with Crippen LogP contribution in [-0.2, 0) is 6.54 Å². The molecule has 0 radical (unpaired) electrons. The molecule has 1 unspecified atom stereocenters. The second-order valence-electron chi connectivity index (χ2n) is 7.96. The molecule has 164 valence electrons. The number of allylic oxidation sites excluding steroid dienone is 2. The highest BCUT2D eigenvalue weighted by atomic mass is 16.6. The van der Waals surface area contributed by atoms with Gasteiger partial charge in [-0.15, -0.1) is 0 Å². The van der Waals surface area contributed by atoms with Gasteiger partial charge in [0, 0.05) is 24.4 Å². The molecule has 8 nitrogen and oxygen atoms in total. The van der Waals surface area contributed by atoms with Crippen molar-refractivity contribution < 1.29 is 4.92 Å². The van der Waals surface area contributed by atoms with E-state index in [1.165, 1.54) is 6.07 Å². The zero-order chi connectivity index (χ0) is 22.4. The van der Waals surface area contributed by atoms with Crippen molar-refractivity contribution in [1.82, 2.24) is 14.5 Å². The van der Waals surface area contributed by atoms with Gasteiger partial charge in [-0.2, -0.15) is 5.26 Å². The number of non-ortho nitro benzene ring substituents is 1. The minimum absolute atomic E-state index is 0.0155. The van der Waals surface area contributed by atoms with Crippen LogP contribution in [0.3, 0.4) is 0 Å². The van der Waals surface area contributed by atoms with Crippen LogP contribution in [0.5, 0.6) is 0 Å². The van der Waals surface area contributed by atoms with Crippen LogP contribution in [-0.4, -0.2) is 32.5 Å². The maximum atomic E-state index is 11.4. The molecule has 31 heavy (non-hydrogen) atoms. The molecule has 0 amide bonds. The van der Waals surface area contributed by atoms with Crippen molar-refractivity contribution in [3.63, 3.8) is 0 Å². The summed E-state index contributed by atoms with van der Waals surface area (Å²) in [6.45, 7) is 8.95. The van der Waals surface area contributed by atoms with Crippen LogP contribution in [0.1, 0.15) is 63.8 Å². The zero-order valence-corrected chi connectivity index (χ0v) is 18.5. The third-order valence-electron chi connectivity index (χ3n) is 5.67. The van der Waals surface area contributed by atoms with Gasteiger partial charge in [-0.05, 0) is 38.4 Å². The SMILES string of the molecule is CCCCN(CCCC)Cc1cnc2n1C(c1cccc([N+](=O)[O-])c1)C(C#N)=C(C)N2. The van der Waals surface area contributed by atoms with Crippen LogP contribution in [0.2, 0.25) is 0 Å². The first kappa shape index (κ1) is 22.5. The molecular formula is C23H30N6O2. The van der Waals surface area contributed by atoms with E-state index >= 15 is 0 Å². The number of fused-ring (bicyclic) bond motifs is 1. The number of nitriles is 1. The molecule has 0 fully saturated rings. The van der Waals surface area contributed by atoms with E-state index in [0.717, 1.165) is 56.7 Å². The minimum Gasteiger partial charge on any atom is -0.328 e. The summed E-state index contributed by atoms with van der Waals surface area (Å²) in [7, 11) is 0. The summed E-state index contributed by atoms with van der Waals surface area (Å²) < 4.78 is 2.02. The number of nitrogens with zero attached hydrogens (tertiary/aromatic N) is 5. The monoisotopic (exact) mass is 422 g/mol. The Bertz CT molecular complexity index is 996. The molecule has 2 heterocycles. The molecule has 0 saturated heterocycles. The van der Waals surface area contributed by atoms with E-state index in [0.29, 0.717) is 17.1 Å². The van der Waals surface area contributed by atoms with Gasteiger partial charge < -0.3 is 9.88 Å². The standard InChI is InChI=1S/C23H30N6O2/c1-4-6-11-27(12-7-5-2)16-20-15-25-23-26-17(3)21(14-24)22(28(20)23)18-9-8-10-19(13-18)29(30)31/h8-10,13,15,22H,4-7,11-12,16H2,1-3H3,(H,25,26). The molecule has 1 atom stereocenters. The minimum atomic E-state index is -0.446. The van der Waals surface area contributed by atoms with Gasteiger partial charge in [0.2, 0.25) is 5.95 Å². The van der Waals surface area contributed by atoms with Crippen LogP contribution in [0.25, 0.3) is 0 Å². The van der Waals surface area contributed by atoms with Crippen LogP contribution < -0.4 is 5.32 Å². The highest BCUT2D eigenvalue weighted by Gasteiger charge is 2.31. The molecule has 0 aliphatic carbocycles. The van der Waals surface area contributed by atoms with Gasteiger partial charge in [0.05, 0.1) is 34.5 Å². The summed E-state index contributed by atoms with van der Waals surface area (Å²) in [5.41, 5.74) is 2.98. The van der Waals surface area contributed by atoms with Crippen LogP contribution in [0.15, 0.2) is 41.7 Å². The molecule has 3 rings (SSSR count).